The molecular weight excluding hydrogens is 843 g/mol. The molecule has 4 heteroatoms. The SMILES string of the molecule is CC1C=CC=C2SC3=C(C(C)C4C(=C3)N(c3ccccc3)c3ccc(N(c5ccccc5)c5cccc(-c6ccccc6N(c6ccc7ccccc7c6)c6ccc7ccccc7c6)c5)cc34)C21. The van der Waals surface area contributed by atoms with Crippen LogP contribution in [-0.2, 0) is 0 Å². The molecule has 0 fully saturated rings. The molecular formula is C64H49N3S. The van der Waals surface area contributed by atoms with E-state index in [1.807, 2.05) is 11.8 Å². The Bertz CT molecular complexity index is 3490. The smallest absolute Gasteiger partial charge is 0.0540 e. The number of rotatable bonds is 8. The van der Waals surface area contributed by atoms with Crippen molar-refractivity contribution in [2.45, 2.75) is 19.8 Å². The molecule has 0 saturated carbocycles. The second-order valence-electron chi connectivity index (χ2n) is 18.6. The minimum Gasteiger partial charge on any atom is -0.313 e. The molecule has 4 unspecified atom stereocenters. The van der Waals surface area contributed by atoms with Gasteiger partial charge in [-0.1, -0.05) is 171 Å². The van der Waals surface area contributed by atoms with Crippen LogP contribution in [0.15, 0.2) is 258 Å². The average Bonchev–Trinajstić information content (AvgIpc) is 3.94. The van der Waals surface area contributed by atoms with Gasteiger partial charge in [-0.3, -0.25) is 0 Å². The summed E-state index contributed by atoms with van der Waals surface area (Å²) in [5, 5.41) is 4.87. The summed E-state index contributed by atoms with van der Waals surface area (Å²) in [7, 11) is 0. The number of allylic oxidation sites excluding steroid dienone is 7. The Labute approximate surface area is 403 Å². The van der Waals surface area contributed by atoms with Crippen molar-refractivity contribution in [2.75, 3.05) is 14.7 Å². The minimum absolute atomic E-state index is 0.217. The molecule has 0 bridgehead atoms. The van der Waals surface area contributed by atoms with Crippen molar-refractivity contribution in [1.82, 2.24) is 0 Å². The first kappa shape index (κ1) is 40.5. The van der Waals surface area contributed by atoms with Gasteiger partial charge in [0.15, 0.2) is 0 Å². The van der Waals surface area contributed by atoms with E-state index in [0.29, 0.717) is 17.8 Å². The van der Waals surface area contributed by atoms with Crippen molar-refractivity contribution in [2.24, 2.45) is 17.8 Å². The van der Waals surface area contributed by atoms with Crippen LogP contribution < -0.4 is 14.7 Å². The van der Waals surface area contributed by atoms with Gasteiger partial charge in [-0.15, -0.1) is 0 Å². The van der Waals surface area contributed by atoms with Crippen LogP contribution in [0.3, 0.4) is 0 Å². The van der Waals surface area contributed by atoms with E-state index in [4.69, 9.17) is 0 Å². The number of anilines is 8. The van der Waals surface area contributed by atoms with E-state index >= 15 is 0 Å². The molecule has 326 valence electrons. The fraction of sp³-hybridized carbons (Fsp3) is 0.0938. The van der Waals surface area contributed by atoms with E-state index in [9.17, 15) is 0 Å². The van der Waals surface area contributed by atoms with Crippen molar-refractivity contribution < 1.29 is 0 Å². The third kappa shape index (κ3) is 6.73. The van der Waals surface area contributed by atoms with Crippen molar-refractivity contribution in [1.29, 1.82) is 0 Å². The number of para-hydroxylation sites is 3. The van der Waals surface area contributed by atoms with Gasteiger partial charge in [0, 0.05) is 67.8 Å². The molecule has 9 aromatic rings. The molecule has 9 aromatic carbocycles. The Hall–Kier alpha value is -7.79. The maximum Gasteiger partial charge on any atom is 0.0540 e. The van der Waals surface area contributed by atoms with Crippen molar-refractivity contribution in [3.05, 3.63) is 263 Å². The third-order valence-corrected chi connectivity index (χ3v) is 15.8. The van der Waals surface area contributed by atoms with Crippen LogP contribution in [0, 0.1) is 17.8 Å². The third-order valence-electron chi connectivity index (χ3n) is 14.6. The number of hydrogen-bond donors (Lipinski definition) is 0. The highest BCUT2D eigenvalue weighted by atomic mass is 32.2. The molecule has 3 nitrogen and oxygen atoms in total. The summed E-state index contributed by atoms with van der Waals surface area (Å²) in [6.07, 6.45) is 9.53. The standard InChI is InChI=1S/C64H49N3S/c1-42-17-15-30-60-62(42)64-43(2)63-56-40-54(35-36-58(56)67(50-25-7-4-8-26-50)59(63)41-61(64)68-60)65(49-23-5-3-6-24-49)51-27-16-22-48(39-51)55-28-13-14-29-57(55)66(52-33-31-44-18-9-11-20-46(44)37-52)53-34-32-45-19-10-12-21-47(45)38-53/h3-43,62-63H,1-2H3. The zero-order valence-corrected chi connectivity index (χ0v) is 38.9. The predicted molar refractivity (Wildman–Crippen MR) is 289 cm³/mol. The zero-order chi connectivity index (χ0) is 45.3. The maximum atomic E-state index is 2.53. The topological polar surface area (TPSA) is 9.72 Å². The second kappa shape index (κ2) is 16.5. The summed E-state index contributed by atoms with van der Waals surface area (Å²) in [5.74, 6) is 1.47. The lowest BCUT2D eigenvalue weighted by atomic mass is 9.70. The van der Waals surface area contributed by atoms with Gasteiger partial charge in [-0.2, -0.15) is 0 Å². The predicted octanol–water partition coefficient (Wildman–Crippen LogP) is 18.1. The molecule has 0 radical (unpaired) electrons. The van der Waals surface area contributed by atoms with Crippen LogP contribution in [0.1, 0.15) is 25.3 Å². The molecule has 2 aliphatic heterocycles. The molecule has 0 N–H and O–H groups in total. The van der Waals surface area contributed by atoms with Crippen molar-refractivity contribution >= 4 is 78.8 Å². The van der Waals surface area contributed by atoms with Gasteiger partial charge < -0.3 is 14.7 Å². The van der Waals surface area contributed by atoms with E-state index in [1.165, 1.54) is 54.0 Å². The monoisotopic (exact) mass is 891 g/mol. The lowest BCUT2D eigenvalue weighted by Gasteiger charge is -2.34. The highest BCUT2D eigenvalue weighted by molar-refractivity contribution is 8.07. The van der Waals surface area contributed by atoms with Gasteiger partial charge in [0.2, 0.25) is 0 Å². The maximum absolute atomic E-state index is 2.53. The Kier molecular flexibility index (Phi) is 9.83. The fourth-order valence-corrected chi connectivity index (χ4v) is 13.0. The van der Waals surface area contributed by atoms with Gasteiger partial charge >= 0.3 is 0 Å². The molecule has 0 spiro atoms. The number of hydrogen-bond acceptors (Lipinski definition) is 4. The van der Waals surface area contributed by atoms with Crippen LogP contribution in [-0.4, -0.2) is 0 Å². The second-order valence-corrected chi connectivity index (χ2v) is 19.7. The lowest BCUT2D eigenvalue weighted by molar-refractivity contribution is 0.470. The molecule has 2 aliphatic carbocycles. The number of benzene rings is 9. The molecule has 68 heavy (non-hydrogen) atoms. The Balaban J connectivity index is 0.947. The van der Waals surface area contributed by atoms with Gasteiger partial charge in [-0.25, -0.2) is 0 Å². The Morgan fingerprint density at radius 2 is 1.09 bits per heavy atom. The van der Waals surface area contributed by atoms with Gasteiger partial charge in [0.05, 0.1) is 5.69 Å². The summed E-state index contributed by atoms with van der Waals surface area (Å²) in [4.78, 5) is 10.3. The zero-order valence-electron chi connectivity index (χ0n) is 38.1. The van der Waals surface area contributed by atoms with Crippen LogP contribution >= 0.6 is 11.8 Å². The van der Waals surface area contributed by atoms with Crippen LogP contribution in [0.25, 0.3) is 32.7 Å². The van der Waals surface area contributed by atoms with Crippen LogP contribution in [0.5, 0.6) is 0 Å². The summed E-state index contributed by atoms with van der Waals surface area (Å²) in [6.45, 7) is 4.88. The lowest BCUT2D eigenvalue weighted by Crippen LogP contribution is -2.25. The Morgan fingerprint density at radius 1 is 0.485 bits per heavy atom. The van der Waals surface area contributed by atoms with Crippen LogP contribution in [0.4, 0.5) is 45.5 Å². The fourth-order valence-electron chi connectivity index (χ4n) is 11.5. The highest BCUT2D eigenvalue weighted by Gasteiger charge is 2.48. The summed E-state index contributed by atoms with van der Waals surface area (Å²) in [6, 6.07) is 77.9. The molecule has 13 rings (SSSR count). The molecule has 0 aromatic heterocycles. The molecule has 0 saturated heterocycles. The Morgan fingerprint density at radius 3 is 1.82 bits per heavy atom. The number of fused-ring (bicyclic) bond motifs is 7. The average molecular weight is 892 g/mol. The molecule has 4 aliphatic rings. The quantitative estimate of drug-likeness (QED) is 0.150. The summed E-state index contributed by atoms with van der Waals surface area (Å²) >= 11 is 1.99. The molecule has 2 heterocycles. The van der Waals surface area contributed by atoms with Crippen molar-refractivity contribution in [3.63, 3.8) is 0 Å². The summed E-state index contributed by atoms with van der Waals surface area (Å²) in [5.41, 5.74) is 15.8. The summed E-state index contributed by atoms with van der Waals surface area (Å²) < 4.78 is 0. The normalized spacial score (nSPS) is 19.0. The van der Waals surface area contributed by atoms with E-state index < -0.39 is 0 Å². The first-order valence-corrected chi connectivity index (χ1v) is 24.7. The highest BCUT2D eigenvalue weighted by Crippen LogP contribution is 2.63. The number of nitrogens with zero attached hydrogens (tertiary/aromatic N) is 3. The van der Waals surface area contributed by atoms with E-state index in [-0.39, 0.29) is 5.92 Å². The van der Waals surface area contributed by atoms with Gasteiger partial charge in [0.25, 0.3) is 0 Å². The first-order valence-electron chi connectivity index (χ1n) is 23.9. The van der Waals surface area contributed by atoms with E-state index in [0.717, 1.165) is 45.3 Å². The van der Waals surface area contributed by atoms with E-state index in [2.05, 4.69) is 265 Å². The first-order chi connectivity index (χ1) is 33.6. The largest absolute Gasteiger partial charge is 0.313 e. The van der Waals surface area contributed by atoms with Gasteiger partial charge in [-0.05, 0) is 146 Å². The van der Waals surface area contributed by atoms with E-state index in [1.54, 1.807) is 5.57 Å². The molecule has 0 amide bonds. The minimum atomic E-state index is 0.217. The van der Waals surface area contributed by atoms with Gasteiger partial charge in [0.1, 0.15) is 0 Å². The van der Waals surface area contributed by atoms with Crippen molar-refractivity contribution in [3.8, 4) is 11.1 Å². The van der Waals surface area contributed by atoms with Crippen LogP contribution in [0.2, 0.25) is 0 Å². The molecule has 4 atom stereocenters. The number of thioether (sulfide) groups is 1.